The summed E-state index contributed by atoms with van der Waals surface area (Å²) in [6, 6.07) is 4.16. The van der Waals surface area contributed by atoms with Crippen LogP contribution in [-0.2, 0) is 16.1 Å². The van der Waals surface area contributed by atoms with Gasteiger partial charge in [-0.25, -0.2) is 4.39 Å². The first kappa shape index (κ1) is 16.3. The number of benzene rings is 1. The maximum Gasteiger partial charge on any atom is 0.306 e. The Labute approximate surface area is 128 Å². The standard InChI is InChI=1S/C16H20FNO4/c1-22-14-7-6-13(17)8-12(14)9-18-15(19)10-2-4-11(5-3-10)16(20)21/h6-8,10-11H,2-5,9H2,1H3,(H,18,19)(H,20,21). The van der Waals surface area contributed by atoms with Crippen molar-refractivity contribution in [2.45, 2.75) is 32.2 Å². The Morgan fingerprint density at radius 3 is 2.50 bits per heavy atom. The van der Waals surface area contributed by atoms with Crippen molar-refractivity contribution < 1.29 is 23.8 Å². The molecule has 1 amide bonds. The van der Waals surface area contributed by atoms with Gasteiger partial charge in [-0.15, -0.1) is 0 Å². The van der Waals surface area contributed by atoms with Crippen molar-refractivity contribution in [2.75, 3.05) is 7.11 Å². The minimum Gasteiger partial charge on any atom is -0.496 e. The minimum atomic E-state index is -0.789. The second-order valence-electron chi connectivity index (χ2n) is 5.56. The van der Waals surface area contributed by atoms with E-state index in [4.69, 9.17) is 9.84 Å². The van der Waals surface area contributed by atoms with Gasteiger partial charge in [-0.1, -0.05) is 0 Å². The SMILES string of the molecule is COc1ccc(F)cc1CNC(=O)C1CCC(C(=O)O)CC1. The molecule has 1 fully saturated rings. The highest BCUT2D eigenvalue weighted by atomic mass is 19.1. The Hall–Kier alpha value is -2.11. The third kappa shape index (κ3) is 3.96. The number of aliphatic carboxylic acids is 1. The van der Waals surface area contributed by atoms with Gasteiger partial charge in [0.05, 0.1) is 13.0 Å². The molecule has 0 heterocycles. The van der Waals surface area contributed by atoms with Gasteiger partial charge in [0.1, 0.15) is 11.6 Å². The molecule has 0 aliphatic heterocycles. The van der Waals surface area contributed by atoms with Crippen molar-refractivity contribution in [3.05, 3.63) is 29.6 Å². The highest BCUT2D eigenvalue weighted by molar-refractivity contribution is 5.79. The van der Waals surface area contributed by atoms with Crippen molar-refractivity contribution in [1.29, 1.82) is 0 Å². The molecular weight excluding hydrogens is 289 g/mol. The van der Waals surface area contributed by atoms with Gasteiger partial charge in [-0.05, 0) is 43.9 Å². The zero-order valence-corrected chi connectivity index (χ0v) is 12.5. The zero-order valence-electron chi connectivity index (χ0n) is 12.5. The molecule has 0 bridgehead atoms. The number of nitrogens with one attached hydrogen (secondary N) is 1. The molecule has 0 aromatic heterocycles. The quantitative estimate of drug-likeness (QED) is 0.875. The molecule has 2 rings (SSSR count). The van der Waals surface area contributed by atoms with Gasteiger partial charge in [0.25, 0.3) is 0 Å². The van der Waals surface area contributed by atoms with Gasteiger partial charge in [0.2, 0.25) is 5.91 Å². The van der Waals surface area contributed by atoms with Gasteiger partial charge < -0.3 is 15.2 Å². The molecule has 22 heavy (non-hydrogen) atoms. The first-order chi connectivity index (χ1) is 10.5. The molecule has 1 aliphatic rings. The van der Waals surface area contributed by atoms with E-state index in [9.17, 15) is 14.0 Å². The van der Waals surface area contributed by atoms with Crippen LogP contribution in [0.4, 0.5) is 4.39 Å². The third-order valence-electron chi connectivity index (χ3n) is 4.14. The molecule has 2 N–H and O–H groups in total. The summed E-state index contributed by atoms with van der Waals surface area (Å²) in [7, 11) is 1.49. The van der Waals surface area contributed by atoms with E-state index in [0.717, 1.165) is 0 Å². The van der Waals surface area contributed by atoms with E-state index in [-0.39, 0.29) is 30.1 Å². The maximum atomic E-state index is 13.3. The maximum absolute atomic E-state index is 13.3. The molecule has 1 aliphatic carbocycles. The fraction of sp³-hybridized carbons (Fsp3) is 0.500. The third-order valence-corrected chi connectivity index (χ3v) is 4.14. The number of methoxy groups -OCH3 is 1. The fourth-order valence-corrected chi connectivity index (χ4v) is 2.81. The molecular formula is C16H20FNO4. The van der Waals surface area contributed by atoms with E-state index >= 15 is 0 Å². The van der Waals surface area contributed by atoms with Crippen LogP contribution in [0.5, 0.6) is 5.75 Å². The average Bonchev–Trinajstić information content (AvgIpc) is 2.52. The molecule has 1 aromatic carbocycles. The van der Waals surface area contributed by atoms with Crippen LogP contribution in [0.3, 0.4) is 0 Å². The minimum absolute atomic E-state index is 0.116. The number of carboxylic acids is 1. The number of hydrogen-bond donors (Lipinski definition) is 2. The molecule has 6 heteroatoms. The van der Waals surface area contributed by atoms with Crippen molar-refractivity contribution in [3.8, 4) is 5.75 Å². The second kappa shape index (κ2) is 7.24. The van der Waals surface area contributed by atoms with Crippen LogP contribution in [0, 0.1) is 17.7 Å². The summed E-state index contributed by atoms with van der Waals surface area (Å²) in [4.78, 5) is 23.0. The van der Waals surface area contributed by atoms with Crippen molar-refractivity contribution in [2.24, 2.45) is 11.8 Å². The lowest BCUT2D eigenvalue weighted by Crippen LogP contribution is -2.34. The van der Waals surface area contributed by atoms with Crippen molar-refractivity contribution in [3.63, 3.8) is 0 Å². The van der Waals surface area contributed by atoms with Gasteiger partial charge in [0, 0.05) is 18.0 Å². The fourth-order valence-electron chi connectivity index (χ4n) is 2.81. The Morgan fingerprint density at radius 2 is 1.91 bits per heavy atom. The van der Waals surface area contributed by atoms with E-state index in [2.05, 4.69) is 5.32 Å². The summed E-state index contributed by atoms with van der Waals surface area (Å²) in [5, 5.41) is 11.7. The second-order valence-corrected chi connectivity index (χ2v) is 5.56. The Balaban J connectivity index is 1.88. The molecule has 1 saturated carbocycles. The molecule has 0 saturated heterocycles. The van der Waals surface area contributed by atoms with Gasteiger partial charge in [0.15, 0.2) is 0 Å². The van der Waals surface area contributed by atoms with Gasteiger partial charge in [-0.2, -0.15) is 0 Å². The van der Waals surface area contributed by atoms with Crippen LogP contribution in [0.2, 0.25) is 0 Å². The van der Waals surface area contributed by atoms with Crippen LogP contribution in [0.15, 0.2) is 18.2 Å². The highest BCUT2D eigenvalue weighted by Crippen LogP contribution is 2.29. The Bertz CT molecular complexity index is 553. The summed E-state index contributed by atoms with van der Waals surface area (Å²) < 4.78 is 18.4. The van der Waals surface area contributed by atoms with Crippen LogP contribution in [0.25, 0.3) is 0 Å². The van der Waals surface area contributed by atoms with Crippen LogP contribution < -0.4 is 10.1 Å². The summed E-state index contributed by atoms with van der Waals surface area (Å²) >= 11 is 0. The van der Waals surface area contributed by atoms with Crippen molar-refractivity contribution >= 4 is 11.9 Å². The van der Waals surface area contributed by atoms with Gasteiger partial charge >= 0.3 is 5.97 Å². The van der Waals surface area contributed by atoms with E-state index in [1.54, 1.807) is 0 Å². The van der Waals surface area contributed by atoms with E-state index in [0.29, 0.717) is 37.0 Å². The smallest absolute Gasteiger partial charge is 0.306 e. The number of ether oxygens (including phenoxy) is 1. The van der Waals surface area contributed by atoms with Crippen LogP contribution in [0.1, 0.15) is 31.2 Å². The summed E-state index contributed by atoms with van der Waals surface area (Å²) in [5.74, 6) is -1.27. The lowest BCUT2D eigenvalue weighted by atomic mass is 9.81. The van der Waals surface area contributed by atoms with Crippen LogP contribution in [-0.4, -0.2) is 24.1 Å². The van der Waals surface area contributed by atoms with Crippen LogP contribution >= 0.6 is 0 Å². The van der Waals surface area contributed by atoms with Crippen molar-refractivity contribution in [1.82, 2.24) is 5.32 Å². The summed E-state index contributed by atoms with van der Waals surface area (Å²) in [6.07, 6.45) is 2.19. The van der Waals surface area contributed by atoms with E-state index in [1.807, 2.05) is 0 Å². The predicted molar refractivity (Wildman–Crippen MR) is 77.9 cm³/mol. The predicted octanol–water partition coefficient (Wildman–Crippen LogP) is 2.34. The molecule has 0 radical (unpaired) electrons. The molecule has 1 aromatic rings. The number of carboxylic acid groups (broad SMARTS) is 1. The topological polar surface area (TPSA) is 75.6 Å². The first-order valence-electron chi connectivity index (χ1n) is 7.34. The van der Waals surface area contributed by atoms with E-state index in [1.165, 1.54) is 25.3 Å². The molecule has 120 valence electrons. The molecule has 5 nitrogen and oxygen atoms in total. The zero-order chi connectivity index (χ0) is 16.1. The number of carbonyl (C=O) groups excluding carboxylic acids is 1. The first-order valence-corrected chi connectivity index (χ1v) is 7.34. The number of halogens is 1. The largest absolute Gasteiger partial charge is 0.496 e. The molecule has 0 atom stereocenters. The molecule has 0 unspecified atom stereocenters. The normalized spacial score (nSPS) is 21.2. The number of rotatable bonds is 5. The Morgan fingerprint density at radius 1 is 1.27 bits per heavy atom. The Kier molecular flexibility index (Phi) is 5.35. The number of carbonyl (C=O) groups is 2. The lowest BCUT2D eigenvalue weighted by Gasteiger charge is -2.25. The lowest BCUT2D eigenvalue weighted by molar-refractivity contribution is -0.144. The number of hydrogen-bond acceptors (Lipinski definition) is 3. The monoisotopic (exact) mass is 309 g/mol. The highest BCUT2D eigenvalue weighted by Gasteiger charge is 2.29. The number of amides is 1. The summed E-state index contributed by atoms with van der Waals surface area (Å²) in [5.41, 5.74) is 0.579. The summed E-state index contributed by atoms with van der Waals surface area (Å²) in [6.45, 7) is 0.193. The average molecular weight is 309 g/mol. The van der Waals surface area contributed by atoms with Gasteiger partial charge in [-0.3, -0.25) is 9.59 Å². The van der Waals surface area contributed by atoms with E-state index < -0.39 is 5.97 Å². The molecule has 0 spiro atoms.